The van der Waals surface area contributed by atoms with E-state index in [2.05, 4.69) is 44.4 Å². The highest BCUT2D eigenvalue weighted by Crippen LogP contribution is 2.39. The Bertz CT molecular complexity index is 598. The minimum Gasteiger partial charge on any atom is -0.315 e. The minimum absolute atomic E-state index is 0.0560. The van der Waals surface area contributed by atoms with Crippen LogP contribution in [-0.4, -0.2) is 18.0 Å². The van der Waals surface area contributed by atoms with Crippen molar-refractivity contribution in [1.29, 1.82) is 5.26 Å². The smallest absolute Gasteiger partial charge is 0.238 e. The van der Waals surface area contributed by atoms with Gasteiger partial charge in [0.05, 0.1) is 12.1 Å². The molecule has 22 heavy (non-hydrogen) atoms. The van der Waals surface area contributed by atoms with Crippen molar-refractivity contribution in [3.8, 4) is 6.07 Å². The van der Waals surface area contributed by atoms with Crippen molar-refractivity contribution in [2.75, 3.05) is 11.9 Å². The van der Waals surface area contributed by atoms with Crippen LogP contribution in [0.2, 0.25) is 0 Å². The molecular weight excluding hydrogens is 294 g/mol. The third kappa shape index (κ3) is 3.88. The number of anilines is 1. The Morgan fingerprint density at radius 3 is 2.86 bits per heavy atom. The number of nitrogens with zero attached hydrogens (tertiary/aromatic N) is 1. The van der Waals surface area contributed by atoms with Crippen molar-refractivity contribution < 1.29 is 4.79 Å². The van der Waals surface area contributed by atoms with Crippen molar-refractivity contribution in [3.63, 3.8) is 0 Å². The normalized spacial score (nSPS) is 17.7. The molecule has 1 heterocycles. The first-order valence-electron chi connectivity index (χ1n) is 7.95. The average molecular weight is 319 g/mol. The molecule has 0 bridgehead atoms. The number of carbonyl (C=O) groups is 1. The minimum atomic E-state index is -0.0790. The summed E-state index contributed by atoms with van der Waals surface area (Å²) < 4.78 is 0. The Morgan fingerprint density at radius 1 is 1.50 bits per heavy atom. The number of nitrogens with one attached hydrogen (secondary N) is 2. The number of fused-ring (bicyclic) bond motifs is 1. The van der Waals surface area contributed by atoms with Crippen molar-refractivity contribution in [3.05, 3.63) is 16.0 Å². The van der Waals surface area contributed by atoms with Crippen molar-refractivity contribution in [1.82, 2.24) is 5.32 Å². The molecule has 1 aliphatic carbocycles. The topological polar surface area (TPSA) is 64.9 Å². The fourth-order valence-corrected chi connectivity index (χ4v) is 3.95. The van der Waals surface area contributed by atoms with Crippen molar-refractivity contribution >= 4 is 22.2 Å². The molecule has 1 aliphatic rings. The highest BCUT2D eigenvalue weighted by atomic mass is 32.1. The highest BCUT2D eigenvalue weighted by Gasteiger charge is 2.25. The summed E-state index contributed by atoms with van der Waals surface area (Å²) in [4.78, 5) is 13.4. The largest absolute Gasteiger partial charge is 0.315 e. The maximum absolute atomic E-state index is 12.1. The molecule has 1 amide bonds. The van der Waals surface area contributed by atoms with Gasteiger partial charge in [-0.25, -0.2) is 0 Å². The second kappa shape index (κ2) is 6.80. The zero-order valence-corrected chi connectivity index (χ0v) is 14.7. The van der Waals surface area contributed by atoms with Crippen molar-refractivity contribution in [2.45, 2.75) is 58.9 Å². The van der Waals surface area contributed by atoms with Gasteiger partial charge in [0.15, 0.2) is 0 Å². The summed E-state index contributed by atoms with van der Waals surface area (Å²) in [6.07, 6.45) is 4.05. The van der Waals surface area contributed by atoms with Gasteiger partial charge < -0.3 is 10.6 Å². The quantitative estimate of drug-likeness (QED) is 0.873. The van der Waals surface area contributed by atoms with Gasteiger partial charge in [-0.2, -0.15) is 5.26 Å². The average Bonchev–Trinajstić information content (AvgIpc) is 2.81. The summed E-state index contributed by atoms with van der Waals surface area (Å²) in [5, 5.41) is 16.3. The molecule has 1 unspecified atom stereocenters. The molecule has 120 valence electrons. The van der Waals surface area contributed by atoms with E-state index in [9.17, 15) is 10.1 Å². The van der Waals surface area contributed by atoms with Crippen LogP contribution in [0, 0.1) is 17.2 Å². The monoisotopic (exact) mass is 319 g/mol. The molecule has 1 atom stereocenters. The van der Waals surface area contributed by atoms with E-state index >= 15 is 0 Å². The SMILES string of the molecule is CCC(C)(C)NCC(=O)Nc1sc2c(c1C#N)CCC(C)C2. The fourth-order valence-electron chi connectivity index (χ4n) is 2.57. The van der Waals surface area contributed by atoms with Crippen LogP contribution in [0.25, 0.3) is 0 Å². The lowest BCUT2D eigenvalue weighted by Crippen LogP contribution is -2.43. The van der Waals surface area contributed by atoms with E-state index in [-0.39, 0.29) is 18.0 Å². The molecule has 0 saturated heterocycles. The van der Waals surface area contributed by atoms with Crippen LogP contribution in [-0.2, 0) is 17.6 Å². The first-order chi connectivity index (χ1) is 10.4. The lowest BCUT2D eigenvalue weighted by molar-refractivity contribution is -0.115. The van der Waals surface area contributed by atoms with Gasteiger partial charge in [0.25, 0.3) is 0 Å². The van der Waals surface area contributed by atoms with Gasteiger partial charge in [-0.1, -0.05) is 13.8 Å². The van der Waals surface area contributed by atoms with Crippen LogP contribution in [0.5, 0.6) is 0 Å². The molecule has 0 fully saturated rings. The zero-order valence-electron chi connectivity index (χ0n) is 13.9. The summed E-state index contributed by atoms with van der Waals surface area (Å²) in [7, 11) is 0. The maximum Gasteiger partial charge on any atom is 0.238 e. The Balaban J connectivity index is 2.07. The van der Waals surface area contributed by atoms with Crippen LogP contribution in [0.1, 0.15) is 56.5 Å². The number of thiophene rings is 1. The summed E-state index contributed by atoms with van der Waals surface area (Å²) in [6, 6.07) is 2.28. The Labute approximate surface area is 136 Å². The van der Waals surface area contributed by atoms with Crippen LogP contribution in [0.15, 0.2) is 0 Å². The van der Waals surface area contributed by atoms with Gasteiger partial charge in [0.2, 0.25) is 5.91 Å². The van der Waals surface area contributed by atoms with E-state index in [0.29, 0.717) is 11.5 Å². The lowest BCUT2D eigenvalue weighted by Gasteiger charge is -2.24. The highest BCUT2D eigenvalue weighted by molar-refractivity contribution is 7.16. The number of rotatable bonds is 5. The number of hydrogen-bond donors (Lipinski definition) is 2. The molecule has 0 saturated carbocycles. The third-order valence-corrected chi connectivity index (χ3v) is 5.66. The van der Waals surface area contributed by atoms with E-state index in [1.54, 1.807) is 11.3 Å². The maximum atomic E-state index is 12.1. The molecule has 5 heteroatoms. The van der Waals surface area contributed by atoms with Crippen LogP contribution in [0.3, 0.4) is 0 Å². The van der Waals surface area contributed by atoms with Crippen LogP contribution in [0.4, 0.5) is 5.00 Å². The standard InChI is InChI=1S/C17H25N3OS/c1-5-17(3,4)19-10-15(21)20-16-13(9-18)12-7-6-11(2)8-14(12)22-16/h11,19H,5-8,10H2,1-4H3,(H,20,21). The van der Waals surface area contributed by atoms with Crippen molar-refractivity contribution in [2.24, 2.45) is 5.92 Å². The first kappa shape index (κ1) is 17.0. The third-order valence-electron chi connectivity index (χ3n) is 4.49. The molecule has 4 nitrogen and oxygen atoms in total. The Hall–Kier alpha value is -1.38. The Kier molecular flexibility index (Phi) is 5.25. The summed E-state index contributed by atoms with van der Waals surface area (Å²) in [5.74, 6) is 0.581. The van der Waals surface area contributed by atoms with E-state index < -0.39 is 0 Å². The molecular formula is C17H25N3OS. The molecule has 1 aromatic heterocycles. The number of amides is 1. The van der Waals surface area contributed by atoms with Gasteiger partial charge in [-0.15, -0.1) is 11.3 Å². The van der Waals surface area contributed by atoms with E-state index in [4.69, 9.17) is 0 Å². The van der Waals surface area contributed by atoms with Crippen LogP contribution >= 0.6 is 11.3 Å². The summed E-state index contributed by atoms with van der Waals surface area (Å²) in [6.45, 7) is 8.75. The van der Waals surface area contributed by atoms with Gasteiger partial charge in [0.1, 0.15) is 11.1 Å². The predicted molar refractivity (Wildman–Crippen MR) is 91.2 cm³/mol. The number of hydrogen-bond acceptors (Lipinski definition) is 4. The Morgan fingerprint density at radius 2 is 2.23 bits per heavy atom. The lowest BCUT2D eigenvalue weighted by atomic mass is 9.89. The molecule has 0 radical (unpaired) electrons. The molecule has 0 aliphatic heterocycles. The zero-order chi connectivity index (χ0) is 16.3. The molecule has 2 rings (SSSR count). The molecule has 1 aromatic rings. The van der Waals surface area contributed by atoms with Gasteiger partial charge in [-0.3, -0.25) is 4.79 Å². The predicted octanol–water partition coefficient (Wildman–Crippen LogP) is 3.46. The summed E-state index contributed by atoms with van der Waals surface area (Å²) in [5.41, 5.74) is 1.78. The first-order valence-corrected chi connectivity index (χ1v) is 8.77. The number of nitriles is 1. The molecule has 0 spiro atoms. The van der Waals surface area contributed by atoms with Gasteiger partial charge in [0, 0.05) is 10.4 Å². The fraction of sp³-hybridized carbons (Fsp3) is 0.647. The van der Waals surface area contributed by atoms with Gasteiger partial charge >= 0.3 is 0 Å². The molecule has 2 N–H and O–H groups in total. The summed E-state index contributed by atoms with van der Waals surface area (Å²) >= 11 is 1.58. The number of carbonyl (C=O) groups excluding carboxylic acids is 1. The second-order valence-corrected chi connectivity index (χ2v) is 7.91. The second-order valence-electron chi connectivity index (χ2n) is 6.81. The van der Waals surface area contributed by atoms with E-state index in [1.807, 2.05) is 0 Å². The van der Waals surface area contributed by atoms with Crippen LogP contribution < -0.4 is 10.6 Å². The molecule has 0 aromatic carbocycles. The van der Waals surface area contributed by atoms with E-state index in [0.717, 1.165) is 36.2 Å². The van der Waals surface area contributed by atoms with E-state index in [1.165, 1.54) is 4.88 Å². The van der Waals surface area contributed by atoms with Gasteiger partial charge in [-0.05, 0) is 51.0 Å².